The molecular weight excluding hydrogens is 293 g/mol. The Bertz CT molecular complexity index is 521. The Balaban J connectivity index is 2.30. The molecule has 0 radical (unpaired) electrons. The first-order chi connectivity index (χ1) is 9.33. The van der Waals surface area contributed by atoms with Crippen LogP contribution in [-0.2, 0) is 19.9 Å². The van der Waals surface area contributed by atoms with Crippen LogP contribution in [0.3, 0.4) is 0 Å². The number of carbonyl (C=O) groups excluding carboxylic acids is 1. The predicted octanol–water partition coefficient (Wildman–Crippen LogP) is 3.62. The Hall–Kier alpha value is -1.50. The summed E-state index contributed by atoms with van der Waals surface area (Å²) < 4.78 is 49.8. The fourth-order valence-electron chi connectivity index (χ4n) is 2.16. The number of thiophene rings is 1. The van der Waals surface area contributed by atoms with E-state index in [1.807, 2.05) is 0 Å². The maximum atomic E-state index is 13.4. The SMILES string of the molecule is CCOC(=O)/C=C1/O[C@](c2cccs2)(C(F)(F)F)[C@H]1C. The summed E-state index contributed by atoms with van der Waals surface area (Å²) in [7, 11) is 0. The third-order valence-electron chi connectivity index (χ3n) is 3.17. The highest BCUT2D eigenvalue weighted by molar-refractivity contribution is 7.10. The molecule has 0 amide bonds. The molecule has 0 N–H and O–H groups in total. The molecule has 1 saturated heterocycles. The van der Waals surface area contributed by atoms with E-state index in [2.05, 4.69) is 4.74 Å². The fourth-order valence-corrected chi connectivity index (χ4v) is 3.13. The minimum Gasteiger partial charge on any atom is -0.475 e. The summed E-state index contributed by atoms with van der Waals surface area (Å²) in [5.74, 6) is -1.67. The number of hydrogen-bond donors (Lipinski definition) is 0. The second-order valence-electron chi connectivity index (χ2n) is 4.33. The van der Waals surface area contributed by atoms with E-state index in [1.165, 1.54) is 19.1 Å². The molecule has 1 fully saturated rings. The summed E-state index contributed by atoms with van der Waals surface area (Å²) in [6.45, 7) is 3.17. The zero-order valence-corrected chi connectivity index (χ0v) is 11.7. The van der Waals surface area contributed by atoms with E-state index in [0.717, 1.165) is 17.4 Å². The Morgan fingerprint density at radius 2 is 2.30 bits per heavy atom. The summed E-state index contributed by atoms with van der Waals surface area (Å²) in [6.07, 6.45) is -3.57. The minimum absolute atomic E-state index is 0.00539. The lowest BCUT2D eigenvalue weighted by Crippen LogP contribution is -2.57. The van der Waals surface area contributed by atoms with Crippen molar-refractivity contribution >= 4 is 17.3 Å². The number of hydrogen-bond acceptors (Lipinski definition) is 4. The molecule has 2 rings (SSSR count). The van der Waals surface area contributed by atoms with Crippen LogP contribution in [0.4, 0.5) is 13.2 Å². The van der Waals surface area contributed by atoms with Crippen molar-refractivity contribution < 1.29 is 27.4 Å². The number of alkyl halides is 3. The molecule has 110 valence electrons. The summed E-state index contributed by atoms with van der Waals surface area (Å²) >= 11 is 0.979. The standard InChI is InChI=1S/C13H13F3O3S/c1-3-18-11(17)7-9-8(2)12(19-9,13(14,15)16)10-5-4-6-20-10/h4-8H,3H2,1-2H3/b9-7+/t8-,12+/m0/s1. The van der Waals surface area contributed by atoms with Gasteiger partial charge in [0.1, 0.15) is 5.76 Å². The van der Waals surface area contributed by atoms with Crippen LogP contribution in [0.1, 0.15) is 18.7 Å². The largest absolute Gasteiger partial charge is 0.475 e. The highest BCUT2D eigenvalue weighted by atomic mass is 32.1. The molecule has 20 heavy (non-hydrogen) atoms. The molecule has 0 aromatic carbocycles. The van der Waals surface area contributed by atoms with Crippen molar-refractivity contribution in [2.24, 2.45) is 5.92 Å². The number of ether oxygens (including phenoxy) is 2. The van der Waals surface area contributed by atoms with E-state index in [1.54, 1.807) is 12.3 Å². The zero-order valence-electron chi connectivity index (χ0n) is 10.9. The fraction of sp³-hybridized carbons (Fsp3) is 0.462. The molecule has 7 heteroatoms. The molecule has 3 nitrogen and oxygen atoms in total. The first kappa shape index (κ1) is 14.9. The van der Waals surface area contributed by atoms with Crippen LogP contribution >= 0.6 is 11.3 Å². The average Bonchev–Trinajstić information content (AvgIpc) is 2.85. The first-order valence-corrected chi connectivity index (χ1v) is 6.89. The molecule has 0 aliphatic carbocycles. The lowest BCUT2D eigenvalue weighted by Gasteiger charge is -2.49. The molecule has 0 unspecified atom stereocenters. The highest BCUT2D eigenvalue weighted by Crippen LogP contribution is 2.59. The Morgan fingerprint density at radius 1 is 1.60 bits per heavy atom. The molecule has 2 heterocycles. The van der Waals surface area contributed by atoms with E-state index in [4.69, 9.17) is 4.74 Å². The topological polar surface area (TPSA) is 35.5 Å². The third kappa shape index (κ3) is 2.19. The third-order valence-corrected chi connectivity index (χ3v) is 4.16. The molecule has 1 aromatic rings. The van der Waals surface area contributed by atoms with Gasteiger partial charge in [0.25, 0.3) is 0 Å². The Kier molecular flexibility index (Phi) is 3.82. The van der Waals surface area contributed by atoms with Crippen molar-refractivity contribution in [3.8, 4) is 0 Å². The molecule has 1 aliphatic heterocycles. The van der Waals surface area contributed by atoms with E-state index in [-0.39, 0.29) is 17.2 Å². The smallest absolute Gasteiger partial charge is 0.434 e. The number of esters is 1. The summed E-state index contributed by atoms with van der Waals surface area (Å²) in [5.41, 5.74) is -2.36. The molecule has 2 atom stereocenters. The van der Waals surface area contributed by atoms with Crippen molar-refractivity contribution in [2.75, 3.05) is 6.61 Å². The Morgan fingerprint density at radius 3 is 2.75 bits per heavy atom. The van der Waals surface area contributed by atoms with Crippen molar-refractivity contribution in [1.29, 1.82) is 0 Å². The quantitative estimate of drug-likeness (QED) is 0.632. The van der Waals surface area contributed by atoms with Crippen LogP contribution in [0, 0.1) is 5.92 Å². The molecule has 0 saturated carbocycles. The van der Waals surface area contributed by atoms with Crippen LogP contribution in [0.25, 0.3) is 0 Å². The van der Waals surface area contributed by atoms with Crippen molar-refractivity contribution in [2.45, 2.75) is 25.6 Å². The normalized spacial score (nSPS) is 27.9. The second-order valence-corrected chi connectivity index (χ2v) is 5.28. The van der Waals surface area contributed by atoms with Crippen molar-refractivity contribution in [3.05, 3.63) is 34.2 Å². The van der Waals surface area contributed by atoms with Gasteiger partial charge in [-0.15, -0.1) is 11.3 Å². The summed E-state index contributed by atoms with van der Waals surface area (Å²) in [6, 6.07) is 2.92. The van der Waals surface area contributed by atoms with Gasteiger partial charge in [0.2, 0.25) is 5.60 Å². The number of rotatable bonds is 3. The van der Waals surface area contributed by atoms with Crippen LogP contribution in [0.15, 0.2) is 29.3 Å². The van der Waals surface area contributed by atoms with Gasteiger partial charge in [-0.3, -0.25) is 0 Å². The first-order valence-electron chi connectivity index (χ1n) is 6.01. The molecule has 0 bridgehead atoms. The van der Waals surface area contributed by atoms with Gasteiger partial charge in [-0.05, 0) is 18.4 Å². The lowest BCUT2D eigenvalue weighted by molar-refractivity contribution is -0.331. The molecular formula is C13H13F3O3S. The van der Waals surface area contributed by atoms with Crippen LogP contribution in [0.2, 0.25) is 0 Å². The number of halogens is 3. The van der Waals surface area contributed by atoms with Gasteiger partial charge in [-0.2, -0.15) is 13.2 Å². The van der Waals surface area contributed by atoms with Gasteiger partial charge in [0, 0.05) is 0 Å². The van der Waals surface area contributed by atoms with E-state index < -0.39 is 23.7 Å². The van der Waals surface area contributed by atoms with Gasteiger partial charge in [0.05, 0.1) is 23.5 Å². The molecule has 1 aromatic heterocycles. The highest BCUT2D eigenvalue weighted by Gasteiger charge is 2.69. The van der Waals surface area contributed by atoms with Crippen LogP contribution < -0.4 is 0 Å². The summed E-state index contributed by atoms with van der Waals surface area (Å²) in [4.78, 5) is 11.4. The van der Waals surface area contributed by atoms with E-state index in [0.29, 0.717) is 0 Å². The van der Waals surface area contributed by atoms with Gasteiger partial charge < -0.3 is 9.47 Å². The predicted molar refractivity (Wildman–Crippen MR) is 67.0 cm³/mol. The van der Waals surface area contributed by atoms with Crippen LogP contribution in [0.5, 0.6) is 0 Å². The van der Waals surface area contributed by atoms with Crippen molar-refractivity contribution in [3.63, 3.8) is 0 Å². The average molecular weight is 306 g/mol. The van der Waals surface area contributed by atoms with Gasteiger partial charge in [-0.1, -0.05) is 13.0 Å². The minimum atomic E-state index is -4.55. The van der Waals surface area contributed by atoms with Gasteiger partial charge >= 0.3 is 12.1 Å². The lowest BCUT2D eigenvalue weighted by atomic mass is 9.79. The molecule has 1 aliphatic rings. The van der Waals surface area contributed by atoms with Crippen molar-refractivity contribution in [1.82, 2.24) is 0 Å². The molecule has 0 spiro atoms. The van der Waals surface area contributed by atoms with Crippen LogP contribution in [-0.4, -0.2) is 18.8 Å². The maximum absolute atomic E-state index is 13.4. The summed E-state index contributed by atoms with van der Waals surface area (Å²) in [5, 5.41) is 1.56. The maximum Gasteiger partial charge on any atom is 0.434 e. The van der Waals surface area contributed by atoms with Gasteiger partial charge in [0.15, 0.2) is 0 Å². The monoisotopic (exact) mass is 306 g/mol. The Labute approximate surface area is 118 Å². The number of carbonyl (C=O) groups is 1. The second kappa shape index (κ2) is 5.12. The zero-order chi connectivity index (χ0) is 15.0. The van der Waals surface area contributed by atoms with E-state index in [9.17, 15) is 18.0 Å². The van der Waals surface area contributed by atoms with Gasteiger partial charge in [-0.25, -0.2) is 4.79 Å². The van der Waals surface area contributed by atoms with E-state index >= 15 is 0 Å².